The van der Waals surface area contributed by atoms with Crippen molar-refractivity contribution in [1.82, 2.24) is 9.78 Å². The second-order valence-corrected chi connectivity index (χ2v) is 5.33. The van der Waals surface area contributed by atoms with Crippen molar-refractivity contribution in [1.29, 1.82) is 0 Å². The van der Waals surface area contributed by atoms with Crippen LogP contribution in [0.1, 0.15) is 25.2 Å². The van der Waals surface area contributed by atoms with Crippen LogP contribution in [-0.2, 0) is 5.54 Å². The van der Waals surface area contributed by atoms with E-state index in [4.69, 9.17) is 10.5 Å². The molecule has 0 unspecified atom stereocenters. The number of rotatable bonds is 3. The molecule has 2 N–H and O–H groups in total. The van der Waals surface area contributed by atoms with Gasteiger partial charge in [-0.05, 0) is 32.9 Å². The number of hydrogen-bond donors (Lipinski definition) is 1. The maximum Gasteiger partial charge on any atom is 0.205 e. The minimum absolute atomic E-state index is 0.144. The molecule has 0 saturated carbocycles. The molecular weight excluding hydrogens is 254 g/mol. The van der Waals surface area contributed by atoms with Gasteiger partial charge in [-0.1, -0.05) is 6.07 Å². The number of methoxy groups -OCH3 is 1. The Kier molecular flexibility index (Phi) is 3.63. The highest BCUT2D eigenvalue weighted by Crippen LogP contribution is 2.18. The van der Waals surface area contributed by atoms with Gasteiger partial charge >= 0.3 is 0 Å². The van der Waals surface area contributed by atoms with Crippen molar-refractivity contribution in [2.45, 2.75) is 26.3 Å². The van der Waals surface area contributed by atoms with Crippen molar-refractivity contribution in [3.8, 4) is 11.4 Å². The highest BCUT2D eigenvalue weighted by Gasteiger charge is 2.21. The van der Waals surface area contributed by atoms with Gasteiger partial charge in [-0.2, -0.15) is 5.10 Å². The topological polar surface area (TPSA) is 70.1 Å². The lowest BCUT2D eigenvalue weighted by atomic mass is 10.0. The molecule has 2 rings (SSSR count). The van der Waals surface area contributed by atoms with Crippen LogP contribution in [0.3, 0.4) is 0 Å². The fourth-order valence-corrected chi connectivity index (χ4v) is 2.00. The lowest BCUT2D eigenvalue weighted by Crippen LogP contribution is -2.37. The molecule has 0 fully saturated rings. The maximum atomic E-state index is 12.0. The molecule has 1 heterocycles. The summed E-state index contributed by atoms with van der Waals surface area (Å²) in [5, 5.41) is 4.41. The van der Waals surface area contributed by atoms with E-state index < -0.39 is 5.54 Å². The fourth-order valence-electron chi connectivity index (χ4n) is 2.00. The number of nitrogens with zero attached hydrogens (tertiary/aromatic N) is 2. The molecule has 0 aliphatic heterocycles. The zero-order chi connectivity index (χ0) is 14.9. The lowest BCUT2D eigenvalue weighted by Gasteiger charge is -2.19. The van der Waals surface area contributed by atoms with Gasteiger partial charge in [-0.15, -0.1) is 0 Å². The van der Waals surface area contributed by atoms with Crippen LogP contribution in [0.25, 0.3) is 5.69 Å². The van der Waals surface area contributed by atoms with Crippen LogP contribution in [0.4, 0.5) is 0 Å². The monoisotopic (exact) mass is 273 g/mol. The summed E-state index contributed by atoms with van der Waals surface area (Å²) in [5.74, 6) is 0.732. The Morgan fingerprint density at radius 1 is 1.30 bits per heavy atom. The van der Waals surface area contributed by atoms with Crippen molar-refractivity contribution in [3.63, 3.8) is 0 Å². The lowest BCUT2D eigenvalue weighted by molar-refractivity contribution is 0.414. The average Bonchev–Trinajstić information content (AvgIpc) is 2.37. The molecule has 1 aromatic carbocycles. The van der Waals surface area contributed by atoms with Crippen LogP contribution in [0.15, 0.2) is 35.1 Å². The van der Waals surface area contributed by atoms with Crippen LogP contribution in [0.2, 0.25) is 0 Å². The molecule has 0 spiro atoms. The Labute approximate surface area is 118 Å². The van der Waals surface area contributed by atoms with E-state index in [1.54, 1.807) is 31.7 Å². The summed E-state index contributed by atoms with van der Waals surface area (Å²) in [6.07, 6.45) is 0. The molecular formula is C15H19N3O2. The van der Waals surface area contributed by atoms with Gasteiger partial charge in [0, 0.05) is 17.8 Å². The third kappa shape index (κ3) is 2.72. The van der Waals surface area contributed by atoms with E-state index >= 15 is 0 Å². The van der Waals surface area contributed by atoms with Gasteiger partial charge in [0.25, 0.3) is 0 Å². The highest BCUT2D eigenvalue weighted by molar-refractivity contribution is 5.39. The van der Waals surface area contributed by atoms with E-state index in [1.807, 2.05) is 31.2 Å². The van der Waals surface area contributed by atoms with E-state index in [2.05, 4.69) is 5.10 Å². The molecule has 1 aromatic heterocycles. The van der Waals surface area contributed by atoms with E-state index in [0.717, 1.165) is 17.1 Å². The fraction of sp³-hybridized carbons (Fsp3) is 0.333. The van der Waals surface area contributed by atoms with Gasteiger partial charge in [0.2, 0.25) is 5.43 Å². The first-order chi connectivity index (χ1) is 9.32. The molecule has 0 amide bonds. The van der Waals surface area contributed by atoms with Gasteiger partial charge in [0.15, 0.2) is 0 Å². The predicted octanol–water partition coefficient (Wildman–Crippen LogP) is 1.74. The number of ether oxygens (including phenoxy) is 1. The summed E-state index contributed by atoms with van der Waals surface area (Å²) in [7, 11) is 1.61. The van der Waals surface area contributed by atoms with Crippen molar-refractivity contribution in [3.05, 3.63) is 51.9 Å². The second-order valence-electron chi connectivity index (χ2n) is 5.33. The molecule has 0 aliphatic carbocycles. The first kappa shape index (κ1) is 14.3. The van der Waals surface area contributed by atoms with E-state index in [1.165, 1.54) is 0 Å². The zero-order valence-electron chi connectivity index (χ0n) is 12.2. The van der Waals surface area contributed by atoms with Crippen LogP contribution >= 0.6 is 0 Å². The Morgan fingerprint density at radius 3 is 2.60 bits per heavy atom. The molecule has 0 radical (unpaired) electrons. The molecule has 0 aliphatic rings. The molecule has 0 saturated heterocycles. The highest BCUT2D eigenvalue weighted by atomic mass is 16.5. The van der Waals surface area contributed by atoms with Crippen LogP contribution in [0.5, 0.6) is 5.75 Å². The Morgan fingerprint density at radius 2 is 2.00 bits per heavy atom. The average molecular weight is 273 g/mol. The van der Waals surface area contributed by atoms with Gasteiger partial charge in [-0.3, -0.25) is 4.79 Å². The molecule has 0 bridgehead atoms. The Balaban J connectivity index is 2.65. The SMILES string of the molecule is COc1cccc(-n2nc(C(C)(C)N)c(=O)cc2C)c1. The number of aromatic nitrogens is 2. The minimum Gasteiger partial charge on any atom is -0.497 e. The third-order valence-electron chi connectivity index (χ3n) is 3.02. The Hall–Kier alpha value is -2.14. The predicted molar refractivity (Wildman–Crippen MR) is 78.3 cm³/mol. The molecule has 2 aromatic rings. The number of nitrogens with two attached hydrogens (primary N) is 1. The van der Waals surface area contributed by atoms with E-state index in [-0.39, 0.29) is 5.43 Å². The van der Waals surface area contributed by atoms with Gasteiger partial charge in [0.05, 0.1) is 18.3 Å². The first-order valence-corrected chi connectivity index (χ1v) is 6.37. The van der Waals surface area contributed by atoms with Crippen LogP contribution < -0.4 is 15.9 Å². The number of benzene rings is 1. The van der Waals surface area contributed by atoms with Gasteiger partial charge < -0.3 is 10.5 Å². The van der Waals surface area contributed by atoms with Gasteiger partial charge in [-0.25, -0.2) is 4.68 Å². The number of hydrogen-bond acceptors (Lipinski definition) is 4. The summed E-state index contributed by atoms with van der Waals surface area (Å²) in [5.41, 5.74) is 6.99. The summed E-state index contributed by atoms with van der Waals surface area (Å²) in [4.78, 5) is 12.0. The van der Waals surface area contributed by atoms with Crippen molar-refractivity contribution < 1.29 is 4.74 Å². The van der Waals surface area contributed by atoms with Crippen LogP contribution in [-0.4, -0.2) is 16.9 Å². The minimum atomic E-state index is -0.786. The third-order valence-corrected chi connectivity index (χ3v) is 3.02. The molecule has 106 valence electrons. The largest absolute Gasteiger partial charge is 0.497 e. The molecule has 5 nitrogen and oxygen atoms in total. The second kappa shape index (κ2) is 5.09. The van der Waals surface area contributed by atoms with Crippen molar-refractivity contribution in [2.75, 3.05) is 7.11 Å². The summed E-state index contributed by atoms with van der Waals surface area (Å²) < 4.78 is 6.91. The summed E-state index contributed by atoms with van der Waals surface area (Å²) in [6.45, 7) is 5.37. The standard InChI is InChI=1S/C15H19N3O2/c1-10-8-13(19)14(15(2,3)16)17-18(10)11-6-5-7-12(9-11)20-4/h5-9H,16H2,1-4H3. The quantitative estimate of drug-likeness (QED) is 0.924. The summed E-state index contributed by atoms with van der Waals surface area (Å²) in [6, 6.07) is 9.05. The maximum absolute atomic E-state index is 12.0. The smallest absolute Gasteiger partial charge is 0.205 e. The molecule has 0 atom stereocenters. The van der Waals surface area contributed by atoms with Crippen LogP contribution in [0, 0.1) is 6.92 Å². The normalized spacial score (nSPS) is 11.4. The van der Waals surface area contributed by atoms with E-state index in [0.29, 0.717) is 5.69 Å². The Bertz CT molecular complexity index is 684. The van der Waals surface area contributed by atoms with Crippen molar-refractivity contribution >= 4 is 0 Å². The van der Waals surface area contributed by atoms with E-state index in [9.17, 15) is 4.79 Å². The first-order valence-electron chi connectivity index (χ1n) is 6.37. The summed E-state index contributed by atoms with van der Waals surface area (Å²) >= 11 is 0. The zero-order valence-corrected chi connectivity index (χ0v) is 12.2. The number of aryl methyl sites for hydroxylation is 1. The molecule has 5 heteroatoms. The van der Waals surface area contributed by atoms with Crippen molar-refractivity contribution in [2.24, 2.45) is 5.73 Å². The molecule has 20 heavy (non-hydrogen) atoms. The van der Waals surface area contributed by atoms with Gasteiger partial charge in [0.1, 0.15) is 11.4 Å².